The molecule has 1 aliphatic rings. The predicted octanol–water partition coefficient (Wildman–Crippen LogP) is 6.42. The Bertz CT molecular complexity index is 602. The third-order valence-electron chi connectivity index (χ3n) is 2.37. The van der Waals surface area contributed by atoms with Crippen LogP contribution in [0.15, 0.2) is 33.2 Å². The molecule has 0 saturated carbocycles. The lowest BCUT2D eigenvalue weighted by Crippen LogP contribution is -2.00. The van der Waals surface area contributed by atoms with Gasteiger partial charge in [0.2, 0.25) is 0 Å². The van der Waals surface area contributed by atoms with Gasteiger partial charge in [-0.1, -0.05) is 55.1 Å². The Morgan fingerprint density at radius 3 is 1.50 bits per heavy atom. The minimum absolute atomic E-state index is 0.473. The summed E-state index contributed by atoms with van der Waals surface area (Å²) in [5.41, 5.74) is 0. The van der Waals surface area contributed by atoms with Gasteiger partial charge in [-0.15, -0.1) is 0 Å². The molecule has 0 spiro atoms. The van der Waals surface area contributed by atoms with Gasteiger partial charge in [0, 0.05) is 8.95 Å². The van der Waals surface area contributed by atoms with Gasteiger partial charge in [-0.2, -0.15) is 0 Å². The summed E-state index contributed by atoms with van der Waals surface area (Å²) < 4.78 is 13.1. The van der Waals surface area contributed by atoms with Crippen LogP contribution >= 0.6 is 55.1 Å². The van der Waals surface area contributed by atoms with Crippen LogP contribution in [0.1, 0.15) is 0 Å². The van der Waals surface area contributed by atoms with Gasteiger partial charge in [-0.3, -0.25) is 0 Å². The first-order valence-electron chi connectivity index (χ1n) is 4.88. The standard InChI is InChI=1S/C12H4Br2Cl2O2/c13-5-1-7(15)11-9(3-5)18-12-8(16)2-6(14)4-10(12)17-11/h1-4H. The molecule has 2 aromatic carbocycles. The van der Waals surface area contributed by atoms with Gasteiger partial charge < -0.3 is 9.47 Å². The Kier molecular flexibility index (Phi) is 3.22. The van der Waals surface area contributed by atoms with Crippen LogP contribution in [0.3, 0.4) is 0 Å². The fraction of sp³-hybridized carbons (Fsp3) is 0. The number of rotatable bonds is 0. The number of benzene rings is 2. The second-order valence-corrected chi connectivity index (χ2v) is 6.28. The van der Waals surface area contributed by atoms with E-state index in [-0.39, 0.29) is 0 Å². The second-order valence-electron chi connectivity index (χ2n) is 3.63. The largest absolute Gasteiger partial charge is 0.448 e. The van der Waals surface area contributed by atoms with Gasteiger partial charge in [-0.05, 0) is 24.3 Å². The summed E-state index contributed by atoms with van der Waals surface area (Å²) in [6.45, 7) is 0. The van der Waals surface area contributed by atoms with Gasteiger partial charge >= 0.3 is 0 Å². The molecule has 0 N–H and O–H groups in total. The summed E-state index contributed by atoms with van der Waals surface area (Å²) in [5.74, 6) is 2.04. The van der Waals surface area contributed by atoms with Crippen molar-refractivity contribution in [3.63, 3.8) is 0 Å². The van der Waals surface area contributed by atoms with E-state index in [1.165, 1.54) is 0 Å². The van der Waals surface area contributed by atoms with Crippen molar-refractivity contribution >= 4 is 55.1 Å². The first-order valence-corrected chi connectivity index (χ1v) is 7.22. The van der Waals surface area contributed by atoms with Crippen molar-refractivity contribution in [1.82, 2.24) is 0 Å². The third kappa shape index (κ3) is 2.11. The molecule has 0 amide bonds. The van der Waals surface area contributed by atoms with E-state index in [1.54, 1.807) is 24.3 Å². The van der Waals surface area contributed by atoms with Gasteiger partial charge in [0.15, 0.2) is 23.0 Å². The van der Waals surface area contributed by atoms with E-state index in [1.807, 2.05) is 0 Å². The molecular weight excluding hydrogens is 407 g/mol. The Morgan fingerprint density at radius 2 is 1.11 bits per heavy atom. The molecule has 6 heteroatoms. The average Bonchev–Trinajstić information content (AvgIpc) is 2.27. The van der Waals surface area contributed by atoms with Crippen molar-refractivity contribution < 1.29 is 9.47 Å². The maximum atomic E-state index is 6.11. The maximum absolute atomic E-state index is 6.11. The molecule has 0 bridgehead atoms. The monoisotopic (exact) mass is 408 g/mol. The zero-order chi connectivity index (χ0) is 12.9. The SMILES string of the molecule is Clc1cc(Br)cc2c1Oc1cc(Br)cc(Cl)c1O2. The highest BCUT2D eigenvalue weighted by Gasteiger charge is 2.24. The number of halogens is 4. The van der Waals surface area contributed by atoms with Gasteiger partial charge in [0.25, 0.3) is 0 Å². The van der Waals surface area contributed by atoms with E-state index < -0.39 is 0 Å². The molecule has 1 aliphatic heterocycles. The molecule has 3 rings (SSSR count). The van der Waals surface area contributed by atoms with Crippen LogP contribution in [0.25, 0.3) is 0 Å². The van der Waals surface area contributed by atoms with Crippen molar-refractivity contribution in [2.24, 2.45) is 0 Å². The van der Waals surface area contributed by atoms with E-state index in [2.05, 4.69) is 31.9 Å². The number of fused-ring (bicyclic) bond motifs is 2. The van der Waals surface area contributed by atoms with Crippen LogP contribution in [-0.2, 0) is 0 Å². The molecule has 0 radical (unpaired) electrons. The molecule has 2 aromatic rings. The molecule has 0 saturated heterocycles. The molecule has 0 fully saturated rings. The van der Waals surface area contributed by atoms with E-state index >= 15 is 0 Å². The van der Waals surface area contributed by atoms with Gasteiger partial charge in [0.1, 0.15) is 0 Å². The number of ether oxygens (including phenoxy) is 2. The first kappa shape index (κ1) is 12.6. The number of hydrogen-bond acceptors (Lipinski definition) is 2. The summed E-state index contributed by atoms with van der Waals surface area (Å²) in [6.07, 6.45) is 0. The third-order valence-corrected chi connectivity index (χ3v) is 3.85. The Morgan fingerprint density at radius 1 is 0.722 bits per heavy atom. The van der Waals surface area contributed by atoms with E-state index in [0.717, 1.165) is 8.95 Å². The van der Waals surface area contributed by atoms with Crippen molar-refractivity contribution in [2.75, 3.05) is 0 Å². The highest BCUT2D eigenvalue weighted by atomic mass is 79.9. The number of hydrogen-bond donors (Lipinski definition) is 0. The van der Waals surface area contributed by atoms with Crippen LogP contribution in [0.2, 0.25) is 10.0 Å². The van der Waals surface area contributed by atoms with Gasteiger partial charge in [0.05, 0.1) is 10.0 Å². The fourth-order valence-electron chi connectivity index (χ4n) is 1.64. The lowest BCUT2D eigenvalue weighted by Gasteiger charge is -2.22. The van der Waals surface area contributed by atoms with E-state index in [4.69, 9.17) is 32.7 Å². The minimum Gasteiger partial charge on any atom is -0.448 e. The maximum Gasteiger partial charge on any atom is 0.188 e. The quantitative estimate of drug-likeness (QED) is 0.426. The summed E-state index contributed by atoms with van der Waals surface area (Å²) in [7, 11) is 0. The zero-order valence-corrected chi connectivity index (χ0v) is 13.3. The summed E-state index contributed by atoms with van der Waals surface area (Å²) >= 11 is 18.9. The summed E-state index contributed by atoms with van der Waals surface area (Å²) in [6, 6.07) is 7.05. The molecule has 1 heterocycles. The molecule has 2 nitrogen and oxygen atoms in total. The topological polar surface area (TPSA) is 18.5 Å². The lowest BCUT2D eigenvalue weighted by molar-refractivity contribution is 0.359. The lowest BCUT2D eigenvalue weighted by atomic mass is 10.2. The zero-order valence-electron chi connectivity index (χ0n) is 8.64. The van der Waals surface area contributed by atoms with Crippen LogP contribution < -0.4 is 9.47 Å². The van der Waals surface area contributed by atoms with E-state index in [9.17, 15) is 0 Å². The predicted molar refractivity (Wildman–Crippen MR) is 78.5 cm³/mol. The molecule has 0 aromatic heterocycles. The summed E-state index contributed by atoms with van der Waals surface area (Å²) in [5, 5.41) is 0.947. The average molecular weight is 411 g/mol. The van der Waals surface area contributed by atoms with E-state index in [0.29, 0.717) is 33.0 Å². The van der Waals surface area contributed by atoms with Gasteiger partial charge in [-0.25, -0.2) is 0 Å². The molecule has 0 aliphatic carbocycles. The Hall–Kier alpha value is -0.420. The molecular formula is C12H4Br2Cl2O2. The van der Waals surface area contributed by atoms with Crippen molar-refractivity contribution in [2.45, 2.75) is 0 Å². The molecule has 18 heavy (non-hydrogen) atoms. The van der Waals surface area contributed by atoms with Crippen LogP contribution in [0, 0.1) is 0 Å². The highest BCUT2D eigenvalue weighted by Crippen LogP contribution is 2.52. The van der Waals surface area contributed by atoms with Crippen LogP contribution in [-0.4, -0.2) is 0 Å². The second kappa shape index (κ2) is 4.60. The van der Waals surface area contributed by atoms with Crippen molar-refractivity contribution in [1.29, 1.82) is 0 Å². The molecule has 0 atom stereocenters. The normalized spacial score (nSPS) is 12.2. The smallest absolute Gasteiger partial charge is 0.188 e. The Labute approximate surface area is 130 Å². The highest BCUT2D eigenvalue weighted by molar-refractivity contribution is 9.10. The molecule has 0 unspecified atom stereocenters. The first-order chi connectivity index (χ1) is 8.54. The van der Waals surface area contributed by atoms with Crippen LogP contribution in [0.4, 0.5) is 0 Å². The van der Waals surface area contributed by atoms with Crippen molar-refractivity contribution in [3.05, 3.63) is 43.3 Å². The summed E-state index contributed by atoms with van der Waals surface area (Å²) in [4.78, 5) is 0. The van der Waals surface area contributed by atoms with Crippen molar-refractivity contribution in [3.8, 4) is 23.0 Å². The minimum atomic E-state index is 0.473. The molecule has 92 valence electrons. The Balaban J connectivity index is 2.18. The van der Waals surface area contributed by atoms with Crippen LogP contribution in [0.5, 0.6) is 23.0 Å². The fourth-order valence-corrected chi connectivity index (χ4v) is 3.28.